The van der Waals surface area contributed by atoms with Gasteiger partial charge in [-0.2, -0.15) is 5.10 Å². The van der Waals surface area contributed by atoms with Gasteiger partial charge >= 0.3 is 0 Å². The molecule has 3 rings (SSSR count). The van der Waals surface area contributed by atoms with Crippen LogP contribution in [0.4, 0.5) is 0 Å². The monoisotopic (exact) mass is 359 g/mol. The molecule has 0 saturated heterocycles. The summed E-state index contributed by atoms with van der Waals surface area (Å²) in [7, 11) is -3.55. The lowest BCUT2D eigenvalue weighted by Gasteiger charge is -2.15. The number of aryl methyl sites for hydroxylation is 2. The molecule has 0 radical (unpaired) electrons. The van der Waals surface area contributed by atoms with E-state index in [2.05, 4.69) is 9.82 Å². The maximum atomic E-state index is 12.1. The number of nitrogens with one attached hydrogen (secondary N) is 1. The van der Waals surface area contributed by atoms with Crippen molar-refractivity contribution in [3.05, 3.63) is 69.0 Å². The van der Waals surface area contributed by atoms with Crippen molar-refractivity contribution in [1.82, 2.24) is 14.5 Å². The van der Waals surface area contributed by atoms with E-state index in [0.717, 1.165) is 47.9 Å². The summed E-state index contributed by atoms with van der Waals surface area (Å²) < 4.78 is 27.8. The summed E-state index contributed by atoms with van der Waals surface area (Å²) in [6.45, 7) is 0.331. The maximum absolute atomic E-state index is 12.1. The van der Waals surface area contributed by atoms with Gasteiger partial charge in [-0.3, -0.25) is 4.79 Å². The van der Waals surface area contributed by atoms with Crippen LogP contribution in [-0.4, -0.2) is 24.7 Å². The molecule has 1 aromatic heterocycles. The Hall–Kier alpha value is -2.25. The molecule has 6 nitrogen and oxygen atoms in total. The lowest BCUT2D eigenvalue weighted by molar-refractivity contribution is 0.528. The number of sulfonamides is 1. The highest BCUT2D eigenvalue weighted by Crippen LogP contribution is 2.16. The van der Waals surface area contributed by atoms with E-state index in [-0.39, 0.29) is 18.6 Å². The summed E-state index contributed by atoms with van der Waals surface area (Å²) in [5, 5.41) is 5.51. The molecule has 2 aromatic rings. The SMILES string of the molecule is O=c1cc2c(nn1CCNS(=O)(=O)/C=C/c1ccccc1)CCCC2. The van der Waals surface area contributed by atoms with E-state index in [1.165, 1.54) is 10.8 Å². The van der Waals surface area contributed by atoms with Crippen LogP contribution in [-0.2, 0) is 29.4 Å². The van der Waals surface area contributed by atoms with Gasteiger partial charge in [0, 0.05) is 18.0 Å². The first-order valence-electron chi connectivity index (χ1n) is 8.36. The van der Waals surface area contributed by atoms with Gasteiger partial charge in [0.2, 0.25) is 10.0 Å². The Bertz CT molecular complexity index is 918. The smallest absolute Gasteiger partial charge is 0.267 e. The van der Waals surface area contributed by atoms with E-state index < -0.39 is 10.0 Å². The normalized spacial score (nSPS) is 14.6. The molecule has 7 heteroatoms. The lowest BCUT2D eigenvalue weighted by atomic mass is 9.97. The first kappa shape index (κ1) is 17.6. The lowest BCUT2D eigenvalue weighted by Crippen LogP contribution is -2.32. The first-order chi connectivity index (χ1) is 12.0. The Morgan fingerprint density at radius 2 is 1.92 bits per heavy atom. The number of hydrogen-bond donors (Lipinski definition) is 1. The molecule has 1 aliphatic rings. The second-order valence-electron chi connectivity index (χ2n) is 6.04. The van der Waals surface area contributed by atoms with Gasteiger partial charge in [0.25, 0.3) is 5.56 Å². The van der Waals surface area contributed by atoms with Crippen LogP contribution < -0.4 is 10.3 Å². The summed E-state index contributed by atoms with van der Waals surface area (Å²) in [6.07, 6.45) is 5.48. The van der Waals surface area contributed by atoms with Crippen LogP contribution in [0, 0.1) is 0 Å². The summed E-state index contributed by atoms with van der Waals surface area (Å²) in [4.78, 5) is 12.1. The summed E-state index contributed by atoms with van der Waals surface area (Å²) >= 11 is 0. The molecule has 1 heterocycles. The molecule has 0 spiro atoms. The highest BCUT2D eigenvalue weighted by atomic mass is 32.2. The van der Waals surface area contributed by atoms with Gasteiger partial charge < -0.3 is 0 Å². The molecular formula is C18H21N3O3S. The minimum Gasteiger partial charge on any atom is -0.268 e. The third kappa shape index (κ3) is 4.87. The largest absolute Gasteiger partial charge is 0.268 e. The summed E-state index contributed by atoms with van der Waals surface area (Å²) in [5.74, 6) is 0. The number of aromatic nitrogens is 2. The minimum atomic E-state index is -3.55. The molecular weight excluding hydrogens is 338 g/mol. The fourth-order valence-electron chi connectivity index (χ4n) is 2.84. The zero-order valence-corrected chi connectivity index (χ0v) is 14.7. The number of hydrogen-bond acceptors (Lipinski definition) is 4. The molecule has 0 amide bonds. The average Bonchev–Trinajstić information content (AvgIpc) is 2.61. The van der Waals surface area contributed by atoms with Crippen molar-refractivity contribution in [1.29, 1.82) is 0 Å². The zero-order chi connectivity index (χ0) is 17.7. The van der Waals surface area contributed by atoms with Crippen LogP contribution in [0.3, 0.4) is 0 Å². The van der Waals surface area contributed by atoms with E-state index in [1.807, 2.05) is 30.3 Å². The third-order valence-electron chi connectivity index (χ3n) is 4.14. The van der Waals surface area contributed by atoms with Crippen LogP contribution >= 0.6 is 0 Å². The predicted molar refractivity (Wildman–Crippen MR) is 97.5 cm³/mol. The minimum absolute atomic E-state index is 0.118. The summed E-state index contributed by atoms with van der Waals surface area (Å²) in [6, 6.07) is 10.8. The first-order valence-corrected chi connectivity index (χ1v) is 9.91. The second kappa shape index (κ2) is 7.76. The quantitative estimate of drug-likeness (QED) is 0.851. The molecule has 0 aliphatic heterocycles. The van der Waals surface area contributed by atoms with E-state index in [0.29, 0.717) is 0 Å². The van der Waals surface area contributed by atoms with E-state index in [9.17, 15) is 13.2 Å². The molecule has 0 bridgehead atoms. The molecule has 0 unspecified atom stereocenters. The zero-order valence-electron chi connectivity index (χ0n) is 13.9. The Morgan fingerprint density at radius 3 is 2.72 bits per heavy atom. The van der Waals surface area contributed by atoms with Crippen molar-refractivity contribution in [2.75, 3.05) is 6.54 Å². The number of rotatable bonds is 6. The van der Waals surface area contributed by atoms with E-state index >= 15 is 0 Å². The van der Waals surface area contributed by atoms with E-state index in [4.69, 9.17) is 0 Å². The van der Waals surface area contributed by atoms with Gasteiger partial charge in [-0.25, -0.2) is 17.8 Å². The molecule has 25 heavy (non-hydrogen) atoms. The number of benzene rings is 1. The van der Waals surface area contributed by atoms with Crippen LogP contribution in [0.2, 0.25) is 0 Å². The molecule has 0 fully saturated rings. The van der Waals surface area contributed by atoms with Gasteiger partial charge in [-0.1, -0.05) is 30.3 Å². The standard InChI is InChI=1S/C18H21N3O3S/c22-18-14-16-8-4-5-9-17(16)20-21(18)12-11-19-25(23,24)13-10-15-6-2-1-3-7-15/h1-3,6-7,10,13-14,19H,4-5,8-9,11-12H2/b13-10+. The number of nitrogens with zero attached hydrogens (tertiary/aromatic N) is 2. The highest BCUT2D eigenvalue weighted by Gasteiger charge is 2.13. The fourth-order valence-corrected chi connectivity index (χ4v) is 3.64. The van der Waals surface area contributed by atoms with Gasteiger partial charge in [0.05, 0.1) is 12.2 Å². The van der Waals surface area contributed by atoms with Crippen molar-refractivity contribution in [3.8, 4) is 0 Å². The highest BCUT2D eigenvalue weighted by molar-refractivity contribution is 7.92. The van der Waals surface area contributed by atoms with Crippen LogP contribution in [0.25, 0.3) is 6.08 Å². The van der Waals surface area contributed by atoms with Crippen molar-refractivity contribution in [2.24, 2.45) is 0 Å². The molecule has 1 N–H and O–H groups in total. The van der Waals surface area contributed by atoms with Gasteiger partial charge in [0.15, 0.2) is 0 Å². The topological polar surface area (TPSA) is 81.1 Å². The van der Waals surface area contributed by atoms with Crippen LogP contribution in [0.1, 0.15) is 29.7 Å². The molecule has 1 aromatic carbocycles. The van der Waals surface area contributed by atoms with Gasteiger partial charge in [0.1, 0.15) is 0 Å². The van der Waals surface area contributed by atoms with Gasteiger partial charge in [-0.15, -0.1) is 0 Å². The molecule has 0 saturated carbocycles. The van der Waals surface area contributed by atoms with Crippen molar-refractivity contribution >= 4 is 16.1 Å². The van der Waals surface area contributed by atoms with Gasteiger partial charge in [-0.05, 0) is 42.9 Å². The van der Waals surface area contributed by atoms with Crippen molar-refractivity contribution < 1.29 is 8.42 Å². The third-order valence-corrected chi connectivity index (χ3v) is 5.24. The Morgan fingerprint density at radius 1 is 1.16 bits per heavy atom. The molecule has 132 valence electrons. The second-order valence-corrected chi connectivity index (χ2v) is 7.69. The molecule has 1 aliphatic carbocycles. The van der Waals surface area contributed by atoms with Crippen molar-refractivity contribution in [2.45, 2.75) is 32.2 Å². The van der Waals surface area contributed by atoms with Crippen LogP contribution in [0.5, 0.6) is 0 Å². The maximum Gasteiger partial charge on any atom is 0.267 e. The Kier molecular flexibility index (Phi) is 5.45. The molecule has 0 atom stereocenters. The number of fused-ring (bicyclic) bond motifs is 1. The van der Waals surface area contributed by atoms with Crippen LogP contribution in [0.15, 0.2) is 46.6 Å². The predicted octanol–water partition coefficient (Wildman–Crippen LogP) is 1.71. The summed E-state index contributed by atoms with van der Waals surface area (Å²) in [5.41, 5.74) is 2.61. The van der Waals surface area contributed by atoms with E-state index in [1.54, 1.807) is 6.07 Å². The average molecular weight is 359 g/mol. The Balaban J connectivity index is 1.60. The van der Waals surface area contributed by atoms with Crippen molar-refractivity contribution in [3.63, 3.8) is 0 Å². The fraction of sp³-hybridized carbons (Fsp3) is 0.333. The Labute approximate surface area is 147 Å².